The van der Waals surface area contributed by atoms with Crippen LogP contribution in [0, 0.1) is 5.92 Å². The lowest BCUT2D eigenvalue weighted by atomic mass is 10.1. The molecular weight excluding hydrogens is 438 g/mol. The van der Waals surface area contributed by atoms with E-state index in [2.05, 4.69) is 32.3 Å². The van der Waals surface area contributed by atoms with E-state index in [9.17, 15) is 13.2 Å². The lowest BCUT2D eigenvalue weighted by molar-refractivity contribution is 0.104. The van der Waals surface area contributed by atoms with Gasteiger partial charge < -0.3 is 5.32 Å². The van der Waals surface area contributed by atoms with Crippen molar-refractivity contribution in [2.75, 3.05) is 25.0 Å². The second-order valence-electron chi connectivity index (χ2n) is 7.90. The van der Waals surface area contributed by atoms with E-state index < -0.39 is 10.3 Å². The van der Waals surface area contributed by atoms with Crippen molar-refractivity contribution in [1.29, 1.82) is 0 Å². The number of nitrogens with two attached hydrogens (primary N) is 1. The van der Waals surface area contributed by atoms with Gasteiger partial charge >= 0.3 is 10.3 Å². The van der Waals surface area contributed by atoms with Crippen LogP contribution in [0.3, 0.4) is 0 Å². The molecule has 3 N–H and O–H groups in total. The minimum Gasteiger partial charge on any atom is -0.367 e. The predicted octanol–water partition coefficient (Wildman–Crippen LogP) is 1.94. The molecule has 2 aromatic heterocycles. The van der Waals surface area contributed by atoms with Crippen molar-refractivity contribution in [3.8, 4) is 0 Å². The zero-order valence-electron chi connectivity index (χ0n) is 16.9. The lowest BCUT2D eigenvalue weighted by Gasteiger charge is -2.16. The molecule has 0 spiro atoms. The average Bonchev–Trinajstić information content (AvgIpc) is 3.49. The third-order valence-electron chi connectivity index (χ3n) is 5.48. The summed E-state index contributed by atoms with van der Waals surface area (Å²) in [6.45, 7) is 2.75. The highest BCUT2D eigenvalue weighted by molar-refractivity contribution is 7.84. The van der Waals surface area contributed by atoms with Crippen molar-refractivity contribution >= 4 is 33.2 Å². The Bertz CT molecular complexity index is 1060. The number of nitrogens with one attached hydrogen (secondary N) is 1. The maximum Gasteiger partial charge on any atom is 0.333 e. The van der Waals surface area contributed by atoms with Crippen molar-refractivity contribution in [3.63, 3.8) is 0 Å². The topological polar surface area (TPSA) is 128 Å². The molecule has 1 fully saturated rings. The summed E-state index contributed by atoms with van der Waals surface area (Å²) in [6.07, 6.45) is 9.58. The van der Waals surface area contributed by atoms with E-state index in [1.165, 1.54) is 23.9 Å². The molecule has 166 valence electrons. The van der Waals surface area contributed by atoms with Gasteiger partial charge in [0, 0.05) is 31.9 Å². The Morgan fingerprint density at radius 1 is 1.32 bits per heavy atom. The maximum atomic E-state index is 13.1. The Balaban J connectivity index is 1.39. The quantitative estimate of drug-likeness (QED) is 0.427. The molecule has 0 bridgehead atoms. The second kappa shape index (κ2) is 9.53. The molecule has 3 heterocycles. The number of aromatic nitrogens is 2. The number of carbonyl (C=O) groups is 1. The Morgan fingerprint density at radius 2 is 2.13 bits per heavy atom. The smallest absolute Gasteiger partial charge is 0.333 e. The molecule has 1 aliphatic carbocycles. The highest BCUT2D eigenvalue weighted by Crippen LogP contribution is 2.30. The number of ketones is 1. The standard InChI is InChI=1S/C20H25N5O4S2/c21-31(27,28)29-11-14-3-4-16(7-14)24-20-17(9-22-13-23-20)19(26)18-8-15(12-30-18)10-25-5-1-2-6-25/h1-2,8-9,12-14,16H,3-7,10-11H2,(H2,21,27,28)(H,22,23,24)/t14-,16+/m1/s1. The van der Waals surface area contributed by atoms with Gasteiger partial charge in [-0.1, -0.05) is 12.2 Å². The summed E-state index contributed by atoms with van der Waals surface area (Å²) < 4.78 is 26.7. The molecule has 1 aliphatic heterocycles. The van der Waals surface area contributed by atoms with Crippen LogP contribution in [0.4, 0.5) is 5.82 Å². The molecule has 2 aromatic rings. The van der Waals surface area contributed by atoms with Crippen LogP contribution in [-0.2, 0) is 21.0 Å². The number of thiophene rings is 1. The Labute approximate surface area is 185 Å². The molecule has 4 rings (SSSR count). The first-order valence-electron chi connectivity index (χ1n) is 10.1. The average molecular weight is 464 g/mol. The van der Waals surface area contributed by atoms with E-state index in [0.717, 1.165) is 38.0 Å². The van der Waals surface area contributed by atoms with Gasteiger partial charge in [-0.15, -0.1) is 11.3 Å². The maximum absolute atomic E-state index is 13.1. The number of anilines is 1. The van der Waals surface area contributed by atoms with Gasteiger partial charge in [0.25, 0.3) is 0 Å². The molecule has 0 amide bonds. The summed E-state index contributed by atoms with van der Waals surface area (Å²) in [6, 6.07) is 2.01. The van der Waals surface area contributed by atoms with Gasteiger partial charge in [0.05, 0.1) is 17.0 Å². The third-order valence-corrected chi connectivity index (χ3v) is 6.93. The SMILES string of the molecule is NS(=O)(=O)OC[C@@H]1CC[C@H](Nc2ncncc2C(=O)c2cc(CN3CC=CC3)cs2)C1. The molecule has 2 aliphatic rings. The minimum absolute atomic E-state index is 0.0666. The second-order valence-corrected chi connectivity index (χ2v) is 10.0. The Morgan fingerprint density at radius 3 is 2.90 bits per heavy atom. The van der Waals surface area contributed by atoms with Crippen LogP contribution >= 0.6 is 11.3 Å². The van der Waals surface area contributed by atoms with Gasteiger partial charge in [0.1, 0.15) is 12.1 Å². The first kappa shape index (κ1) is 22.0. The summed E-state index contributed by atoms with van der Waals surface area (Å²) in [7, 11) is -3.93. The van der Waals surface area contributed by atoms with E-state index in [1.807, 2.05) is 11.4 Å². The molecule has 31 heavy (non-hydrogen) atoms. The van der Waals surface area contributed by atoms with Crippen LogP contribution in [0.2, 0.25) is 0 Å². The summed E-state index contributed by atoms with van der Waals surface area (Å²) in [4.78, 5) is 24.4. The molecular formula is C20H25N5O4S2. The Hall–Kier alpha value is -2.18. The van der Waals surface area contributed by atoms with Crippen LogP contribution in [0.1, 0.15) is 40.1 Å². The molecule has 0 aromatic carbocycles. The van der Waals surface area contributed by atoms with Gasteiger partial charge in [-0.25, -0.2) is 15.1 Å². The minimum atomic E-state index is -3.93. The van der Waals surface area contributed by atoms with Crippen molar-refractivity contribution < 1.29 is 17.4 Å². The van der Waals surface area contributed by atoms with Gasteiger partial charge in [-0.05, 0) is 42.2 Å². The lowest BCUT2D eigenvalue weighted by Crippen LogP contribution is -2.22. The summed E-state index contributed by atoms with van der Waals surface area (Å²) >= 11 is 1.43. The zero-order chi connectivity index (χ0) is 21.8. The molecule has 2 atom stereocenters. The van der Waals surface area contributed by atoms with Crippen LogP contribution in [0.5, 0.6) is 0 Å². The Kier molecular flexibility index (Phi) is 6.77. The monoisotopic (exact) mass is 463 g/mol. The fourth-order valence-electron chi connectivity index (χ4n) is 3.97. The zero-order valence-corrected chi connectivity index (χ0v) is 18.6. The number of rotatable bonds is 9. The number of nitrogens with zero attached hydrogens (tertiary/aromatic N) is 3. The largest absolute Gasteiger partial charge is 0.367 e. The van der Waals surface area contributed by atoms with Crippen molar-refractivity contribution in [3.05, 3.63) is 52.1 Å². The van der Waals surface area contributed by atoms with Gasteiger partial charge in [0.2, 0.25) is 5.78 Å². The van der Waals surface area contributed by atoms with Crippen LogP contribution in [-0.4, -0.2) is 54.8 Å². The normalized spacial score (nSPS) is 21.6. The van der Waals surface area contributed by atoms with E-state index in [0.29, 0.717) is 22.7 Å². The third kappa shape index (κ3) is 5.95. The molecule has 1 saturated carbocycles. The summed E-state index contributed by atoms with van der Waals surface area (Å²) in [5.74, 6) is 0.472. The molecule has 0 saturated heterocycles. The number of hydrogen-bond acceptors (Lipinski definition) is 9. The van der Waals surface area contributed by atoms with Crippen LogP contribution < -0.4 is 10.5 Å². The fraction of sp³-hybridized carbons (Fsp3) is 0.450. The van der Waals surface area contributed by atoms with Gasteiger partial charge in [-0.3, -0.25) is 13.9 Å². The fourth-order valence-corrected chi connectivity index (χ4v) is 5.21. The van der Waals surface area contributed by atoms with Crippen molar-refractivity contribution in [2.45, 2.75) is 31.8 Å². The van der Waals surface area contributed by atoms with Crippen LogP contribution in [0.15, 0.2) is 36.1 Å². The highest BCUT2D eigenvalue weighted by Gasteiger charge is 2.28. The highest BCUT2D eigenvalue weighted by atomic mass is 32.2. The van der Waals surface area contributed by atoms with Crippen molar-refractivity contribution in [2.24, 2.45) is 11.1 Å². The van der Waals surface area contributed by atoms with Gasteiger partial charge in [-0.2, -0.15) is 8.42 Å². The van der Waals surface area contributed by atoms with E-state index in [4.69, 9.17) is 9.32 Å². The first-order valence-corrected chi connectivity index (χ1v) is 12.5. The van der Waals surface area contributed by atoms with Crippen LogP contribution in [0.25, 0.3) is 0 Å². The van der Waals surface area contributed by atoms with Gasteiger partial charge in [0.15, 0.2) is 0 Å². The molecule has 9 nitrogen and oxygen atoms in total. The predicted molar refractivity (Wildman–Crippen MR) is 118 cm³/mol. The van der Waals surface area contributed by atoms with E-state index in [-0.39, 0.29) is 24.3 Å². The van der Waals surface area contributed by atoms with E-state index in [1.54, 1.807) is 0 Å². The summed E-state index contributed by atoms with van der Waals surface area (Å²) in [5.41, 5.74) is 1.56. The molecule has 0 unspecified atom stereocenters. The number of carbonyl (C=O) groups excluding carboxylic acids is 1. The number of hydrogen-bond donors (Lipinski definition) is 2. The van der Waals surface area contributed by atoms with Crippen molar-refractivity contribution in [1.82, 2.24) is 14.9 Å². The summed E-state index contributed by atoms with van der Waals surface area (Å²) in [5, 5.41) is 10.3. The molecule has 11 heteroatoms. The van der Waals surface area contributed by atoms with E-state index >= 15 is 0 Å². The first-order chi connectivity index (χ1) is 14.9. The molecule has 0 radical (unpaired) electrons.